The Labute approximate surface area is 94.1 Å². The van der Waals surface area contributed by atoms with Crippen LogP contribution in [0.2, 0.25) is 0 Å². The topological polar surface area (TPSA) is 95.2 Å². The molecule has 0 spiro atoms. The Morgan fingerprint density at radius 1 is 1.56 bits per heavy atom. The first kappa shape index (κ1) is 12.5. The highest BCUT2D eigenvalue weighted by Gasteiger charge is 2.12. The van der Waals surface area contributed by atoms with E-state index in [4.69, 9.17) is 10.8 Å². The Bertz CT molecular complexity index is 377. The number of anilines is 2. The summed E-state index contributed by atoms with van der Waals surface area (Å²) in [5, 5.41) is 8.96. The highest BCUT2D eigenvalue weighted by Crippen LogP contribution is 2.15. The minimum Gasteiger partial charge on any atom is -0.395 e. The van der Waals surface area contributed by atoms with Crippen LogP contribution in [0, 0.1) is 0 Å². The molecule has 0 aliphatic heterocycles. The Morgan fingerprint density at radius 3 is 2.94 bits per heavy atom. The van der Waals surface area contributed by atoms with Crippen molar-refractivity contribution in [1.29, 1.82) is 0 Å². The third-order valence-electron chi connectivity index (χ3n) is 2.32. The Balaban J connectivity index is 2.91. The van der Waals surface area contributed by atoms with E-state index in [0.717, 1.165) is 19.4 Å². The zero-order valence-electron chi connectivity index (χ0n) is 9.44. The van der Waals surface area contributed by atoms with Crippen LogP contribution >= 0.6 is 0 Å². The van der Waals surface area contributed by atoms with Crippen molar-refractivity contribution in [3.05, 3.63) is 16.7 Å². The number of hydrogen-bond donors (Lipinski definition) is 3. The molecule has 1 heterocycles. The first-order valence-electron chi connectivity index (χ1n) is 5.39. The predicted molar refractivity (Wildman–Crippen MR) is 63.5 cm³/mol. The van der Waals surface area contributed by atoms with Crippen molar-refractivity contribution in [2.24, 2.45) is 0 Å². The fraction of sp³-hybridized carbons (Fsp3) is 0.600. The fourth-order valence-electron chi connectivity index (χ4n) is 1.45. The molecule has 4 N–H and O–H groups in total. The predicted octanol–water partition coefficient (Wildman–Crippen LogP) is -0.0491. The van der Waals surface area contributed by atoms with Crippen LogP contribution < -0.4 is 16.2 Å². The third-order valence-corrected chi connectivity index (χ3v) is 2.32. The number of aromatic amines is 1. The lowest BCUT2D eigenvalue weighted by Crippen LogP contribution is -2.31. The minimum atomic E-state index is -0.343. The maximum Gasteiger partial charge on any atom is 0.276 e. The first-order chi connectivity index (χ1) is 7.70. The second-order valence-electron chi connectivity index (χ2n) is 3.53. The molecule has 0 atom stereocenters. The molecule has 6 nitrogen and oxygen atoms in total. The molecular formula is C10H18N4O2. The fourth-order valence-corrected chi connectivity index (χ4v) is 1.45. The molecule has 0 aliphatic carbocycles. The molecule has 0 unspecified atom stereocenters. The molecule has 0 fully saturated rings. The van der Waals surface area contributed by atoms with Gasteiger partial charge in [-0.3, -0.25) is 4.79 Å². The SMILES string of the molecule is CCCCN(CCO)c1nc[nH]c(=O)c1N. The molecule has 0 amide bonds. The minimum absolute atomic E-state index is 0.0115. The number of nitrogens with two attached hydrogens (primary N) is 1. The number of unbranched alkanes of at least 4 members (excludes halogenated alkanes) is 1. The number of aliphatic hydroxyl groups excluding tert-OH is 1. The zero-order chi connectivity index (χ0) is 12.0. The maximum atomic E-state index is 11.3. The van der Waals surface area contributed by atoms with Crippen LogP contribution in [0.5, 0.6) is 0 Å². The van der Waals surface area contributed by atoms with Crippen LogP contribution in [0.1, 0.15) is 19.8 Å². The Kier molecular flexibility index (Phi) is 4.78. The average Bonchev–Trinajstić information content (AvgIpc) is 2.28. The molecule has 16 heavy (non-hydrogen) atoms. The molecule has 1 aromatic rings. The van der Waals surface area contributed by atoms with Crippen molar-refractivity contribution in [3.8, 4) is 0 Å². The zero-order valence-corrected chi connectivity index (χ0v) is 9.44. The van der Waals surface area contributed by atoms with Gasteiger partial charge in [-0.05, 0) is 6.42 Å². The number of nitrogens with one attached hydrogen (secondary N) is 1. The number of aromatic nitrogens is 2. The van der Waals surface area contributed by atoms with E-state index < -0.39 is 0 Å². The summed E-state index contributed by atoms with van der Waals surface area (Å²) < 4.78 is 0. The van der Waals surface area contributed by atoms with E-state index in [1.165, 1.54) is 6.33 Å². The standard InChI is InChI=1S/C10H18N4O2/c1-2-3-4-14(5-6-15)9-8(11)10(16)13-7-12-9/h7,15H,2-6,11H2,1H3,(H,12,13,16). The van der Waals surface area contributed by atoms with Gasteiger partial charge in [0.25, 0.3) is 5.56 Å². The van der Waals surface area contributed by atoms with Crippen molar-refractivity contribution in [2.75, 3.05) is 30.3 Å². The van der Waals surface area contributed by atoms with Crippen molar-refractivity contribution < 1.29 is 5.11 Å². The van der Waals surface area contributed by atoms with Gasteiger partial charge in [-0.15, -0.1) is 0 Å². The van der Waals surface area contributed by atoms with Crippen LogP contribution in [0.4, 0.5) is 11.5 Å². The van der Waals surface area contributed by atoms with E-state index >= 15 is 0 Å². The lowest BCUT2D eigenvalue weighted by molar-refractivity contribution is 0.301. The largest absolute Gasteiger partial charge is 0.395 e. The highest BCUT2D eigenvalue weighted by molar-refractivity contribution is 5.60. The summed E-state index contributed by atoms with van der Waals surface area (Å²) in [5.74, 6) is 0.450. The van der Waals surface area contributed by atoms with Crippen molar-refractivity contribution >= 4 is 11.5 Å². The van der Waals surface area contributed by atoms with Crippen molar-refractivity contribution in [2.45, 2.75) is 19.8 Å². The molecule has 6 heteroatoms. The smallest absolute Gasteiger partial charge is 0.276 e. The van der Waals surface area contributed by atoms with Crippen LogP contribution in [0.3, 0.4) is 0 Å². The molecule has 1 rings (SSSR count). The number of aliphatic hydroxyl groups is 1. The summed E-state index contributed by atoms with van der Waals surface area (Å²) in [7, 11) is 0. The number of nitrogens with zero attached hydrogens (tertiary/aromatic N) is 2. The molecular weight excluding hydrogens is 208 g/mol. The lowest BCUT2D eigenvalue weighted by Gasteiger charge is -2.23. The van der Waals surface area contributed by atoms with Gasteiger partial charge >= 0.3 is 0 Å². The summed E-state index contributed by atoms with van der Waals surface area (Å²) in [5.41, 5.74) is 5.42. The van der Waals surface area contributed by atoms with Crippen LogP contribution in [-0.2, 0) is 0 Å². The van der Waals surface area contributed by atoms with Crippen LogP contribution in [0.15, 0.2) is 11.1 Å². The van der Waals surface area contributed by atoms with E-state index in [-0.39, 0.29) is 17.9 Å². The molecule has 0 aliphatic rings. The molecule has 0 bridgehead atoms. The molecule has 0 saturated heterocycles. The number of nitrogen functional groups attached to an aromatic ring is 1. The van der Waals surface area contributed by atoms with Gasteiger partial charge in [0.15, 0.2) is 5.82 Å². The summed E-state index contributed by atoms with van der Waals surface area (Å²) in [6, 6.07) is 0. The van der Waals surface area contributed by atoms with Gasteiger partial charge in [0.2, 0.25) is 0 Å². The van der Waals surface area contributed by atoms with Crippen LogP contribution in [-0.4, -0.2) is 34.8 Å². The molecule has 1 aromatic heterocycles. The van der Waals surface area contributed by atoms with Gasteiger partial charge < -0.3 is 20.7 Å². The van der Waals surface area contributed by atoms with Gasteiger partial charge in [0, 0.05) is 13.1 Å². The Morgan fingerprint density at radius 2 is 2.31 bits per heavy atom. The normalized spacial score (nSPS) is 10.4. The number of hydrogen-bond acceptors (Lipinski definition) is 5. The second kappa shape index (κ2) is 6.12. The molecule has 0 saturated carbocycles. The van der Waals surface area contributed by atoms with E-state index in [2.05, 4.69) is 16.9 Å². The van der Waals surface area contributed by atoms with Crippen molar-refractivity contribution in [3.63, 3.8) is 0 Å². The third kappa shape index (κ3) is 2.96. The van der Waals surface area contributed by atoms with Gasteiger partial charge in [-0.1, -0.05) is 13.3 Å². The van der Waals surface area contributed by atoms with E-state index in [9.17, 15) is 4.79 Å². The summed E-state index contributed by atoms with van der Waals surface area (Å²) in [4.78, 5) is 19.6. The summed E-state index contributed by atoms with van der Waals surface area (Å²) in [6.07, 6.45) is 3.32. The van der Waals surface area contributed by atoms with Gasteiger partial charge in [-0.2, -0.15) is 0 Å². The Hall–Kier alpha value is -1.56. The van der Waals surface area contributed by atoms with Crippen LogP contribution in [0.25, 0.3) is 0 Å². The van der Waals surface area contributed by atoms with E-state index in [1.807, 2.05) is 4.90 Å². The quantitative estimate of drug-likeness (QED) is 0.632. The summed E-state index contributed by atoms with van der Waals surface area (Å²) >= 11 is 0. The van der Waals surface area contributed by atoms with Gasteiger partial charge in [0.05, 0.1) is 12.9 Å². The van der Waals surface area contributed by atoms with E-state index in [1.54, 1.807) is 0 Å². The first-order valence-corrected chi connectivity index (χ1v) is 5.39. The molecule has 0 aromatic carbocycles. The van der Waals surface area contributed by atoms with E-state index in [0.29, 0.717) is 12.4 Å². The van der Waals surface area contributed by atoms with Gasteiger partial charge in [0.1, 0.15) is 5.69 Å². The number of rotatable bonds is 6. The lowest BCUT2D eigenvalue weighted by atomic mass is 10.3. The second-order valence-corrected chi connectivity index (χ2v) is 3.53. The molecule has 90 valence electrons. The highest BCUT2D eigenvalue weighted by atomic mass is 16.3. The number of H-pyrrole nitrogens is 1. The maximum absolute atomic E-state index is 11.3. The average molecular weight is 226 g/mol. The summed E-state index contributed by atoms with van der Waals surface area (Å²) in [6.45, 7) is 3.25. The van der Waals surface area contributed by atoms with Crippen molar-refractivity contribution in [1.82, 2.24) is 9.97 Å². The molecule has 0 radical (unpaired) electrons. The monoisotopic (exact) mass is 226 g/mol. The van der Waals surface area contributed by atoms with Gasteiger partial charge in [-0.25, -0.2) is 4.98 Å².